The first-order valence-corrected chi connectivity index (χ1v) is 15.8. The number of rotatable bonds is 4. The average molecular weight is 804 g/mol. The Hall–Kier alpha value is -4.89. The van der Waals surface area contributed by atoms with Crippen LogP contribution in [0, 0.1) is 24.4 Å². The van der Waals surface area contributed by atoms with E-state index in [4.69, 9.17) is 8.53 Å². The summed E-state index contributed by atoms with van der Waals surface area (Å²) in [5.74, 6) is 0. The summed E-state index contributed by atoms with van der Waals surface area (Å²) in [5, 5.41) is 4.76. The van der Waals surface area contributed by atoms with Crippen LogP contribution in [0.2, 0.25) is 0 Å². The first kappa shape index (κ1) is 29.3. The maximum Gasteiger partial charge on any atom is 0.136 e. The molecule has 0 saturated carbocycles. The van der Waals surface area contributed by atoms with Crippen molar-refractivity contribution in [3.8, 4) is 33.6 Å². The standard InChI is InChI=1S/C32H26NO.C12H10N.Ir/c1-32(2,3)20-21-17-18-33-28(19-21)23-13-11-22(12-14-23)24-8-6-9-26-25(24)15-16-30-31(26)27-7-4-5-10-29(27)34-30;1-10-7-8-12(13-9-10)11-5-3-2-4-6-11;/h4-13,15-19H,20H2,1-3H3;2-5,7-9H,1H3;/q2*-1;/i;1D3;. The molecule has 0 atom stereocenters. The summed E-state index contributed by atoms with van der Waals surface area (Å²) in [7, 11) is 0. The Morgan fingerprint density at radius 3 is 2.29 bits per heavy atom. The number of nitrogens with zero attached hydrogens (tertiary/aromatic N) is 2. The second-order valence-electron chi connectivity index (χ2n) is 12.9. The molecule has 0 bridgehead atoms. The number of furan rings is 1. The van der Waals surface area contributed by atoms with E-state index in [9.17, 15) is 0 Å². The third kappa shape index (κ3) is 7.16. The van der Waals surface area contributed by atoms with Crippen molar-refractivity contribution in [1.82, 2.24) is 9.97 Å². The van der Waals surface area contributed by atoms with E-state index < -0.39 is 6.85 Å². The zero-order valence-corrected chi connectivity index (χ0v) is 29.4. The van der Waals surface area contributed by atoms with Crippen LogP contribution in [0.15, 0.2) is 138 Å². The van der Waals surface area contributed by atoms with Crippen molar-refractivity contribution < 1.29 is 28.6 Å². The fourth-order valence-electron chi connectivity index (χ4n) is 6.03. The number of hydrogen-bond donors (Lipinski definition) is 0. The fourth-order valence-corrected chi connectivity index (χ4v) is 6.03. The van der Waals surface area contributed by atoms with Crippen molar-refractivity contribution in [2.45, 2.75) is 34.0 Å². The molecule has 0 amide bonds. The Labute approximate surface area is 300 Å². The van der Waals surface area contributed by atoms with Gasteiger partial charge in [-0.1, -0.05) is 98.1 Å². The van der Waals surface area contributed by atoms with Crippen molar-refractivity contribution in [3.05, 3.63) is 157 Å². The Bertz CT molecular complexity index is 2410. The maximum absolute atomic E-state index is 7.23. The molecule has 0 unspecified atom stereocenters. The Morgan fingerprint density at radius 2 is 1.54 bits per heavy atom. The molecule has 8 aromatic rings. The van der Waals surface area contributed by atoms with Gasteiger partial charge in [-0.05, 0) is 64.6 Å². The van der Waals surface area contributed by atoms with Crippen molar-refractivity contribution in [2.24, 2.45) is 5.41 Å². The molecule has 4 heteroatoms. The number of fused-ring (bicyclic) bond motifs is 5. The third-order valence-corrected chi connectivity index (χ3v) is 8.11. The quantitative estimate of drug-likeness (QED) is 0.166. The molecule has 0 aliphatic rings. The minimum Gasteiger partial charge on any atom is -0.456 e. The smallest absolute Gasteiger partial charge is 0.136 e. The van der Waals surface area contributed by atoms with Crippen LogP contribution in [0.4, 0.5) is 0 Å². The van der Waals surface area contributed by atoms with Crippen molar-refractivity contribution in [2.75, 3.05) is 0 Å². The molecule has 0 fully saturated rings. The second kappa shape index (κ2) is 14.1. The zero-order valence-electron chi connectivity index (χ0n) is 30.0. The van der Waals surface area contributed by atoms with Gasteiger partial charge in [-0.3, -0.25) is 0 Å². The van der Waals surface area contributed by atoms with Crippen molar-refractivity contribution in [1.29, 1.82) is 0 Å². The Morgan fingerprint density at radius 1 is 0.708 bits per heavy atom. The normalized spacial score (nSPS) is 12.4. The first-order valence-electron chi connectivity index (χ1n) is 17.3. The summed E-state index contributed by atoms with van der Waals surface area (Å²) in [4.78, 5) is 8.73. The van der Waals surface area contributed by atoms with E-state index in [1.54, 1.807) is 18.2 Å². The van der Waals surface area contributed by atoms with Crippen LogP contribution in [-0.2, 0) is 26.5 Å². The zero-order chi connectivity index (χ0) is 34.9. The van der Waals surface area contributed by atoms with Crippen LogP contribution < -0.4 is 0 Å². The molecule has 3 aromatic heterocycles. The summed E-state index contributed by atoms with van der Waals surface area (Å²) in [5.41, 5.74) is 9.57. The molecule has 0 saturated heterocycles. The maximum atomic E-state index is 7.23. The summed E-state index contributed by atoms with van der Waals surface area (Å²) >= 11 is 0. The van der Waals surface area contributed by atoms with Crippen LogP contribution in [0.25, 0.3) is 66.4 Å². The number of benzene rings is 5. The average Bonchev–Trinajstić information content (AvgIpc) is 3.51. The van der Waals surface area contributed by atoms with Gasteiger partial charge >= 0.3 is 0 Å². The van der Waals surface area contributed by atoms with E-state index in [1.165, 1.54) is 33.5 Å². The molecule has 239 valence electrons. The summed E-state index contributed by atoms with van der Waals surface area (Å²) < 4.78 is 27.8. The molecule has 3 heterocycles. The van der Waals surface area contributed by atoms with E-state index in [1.807, 2.05) is 36.5 Å². The molecule has 3 nitrogen and oxygen atoms in total. The molecular formula is C44H36IrN2O-2. The number of para-hydroxylation sites is 1. The van der Waals surface area contributed by atoms with Gasteiger partial charge in [0.1, 0.15) is 11.2 Å². The number of hydrogen-bond acceptors (Lipinski definition) is 3. The molecule has 8 rings (SSSR count). The van der Waals surface area contributed by atoms with E-state index in [-0.39, 0.29) is 31.1 Å². The third-order valence-electron chi connectivity index (χ3n) is 8.11. The first-order chi connectivity index (χ1) is 24.0. The minimum atomic E-state index is -2.09. The van der Waals surface area contributed by atoms with Gasteiger partial charge in [0.05, 0.1) is 0 Å². The fraction of sp³-hybridized carbons (Fsp3) is 0.136. The topological polar surface area (TPSA) is 38.9 Å². The van der Waals surface area contributed by atoms with Gasteiger partial charge in [0.2, 0.25) is 0 Å². The van der Waals surface area contributed by atoms with Crippen LogP contribution in [-0.4, -0.2) is 9.97 Å². The molecule has 48 heavy (non-hydrogen) atoms. The molecular weight excluding hydrogens is 765 g/mol. The van der Waals surface area contributed by atoms with Gasteiger partial charge in [0.25, 0.3) is 0 Å². The monoisotopic (exact) mass is 804 g/mol. The van der Waals surface area contributed by atoms with Gasteiger partial charge in [0, 0.05) is 47.4 Å². The predicted molar refractivity (Wildman–Crippen MR) is 195 cm³/mol. The van der Waals surface area contributed by atoms with Crippen LogP contribution in [0.3, 0.4) is 0 Å². The number of aromatic nitrogens is 2. The molecule has 0 N–H and O–H groups in total. The SMILES string of the molecule is CC(C)(C)Cc1ccnc(-c2[c-]cc(-c3cccc4c3ccc3oc5ccccc5c34)cc2)c1.[2H]C([2H])([2H])c1ccc(-c2[c-]cccc2)nc1.[Ir]. The van der Waals surface area contributed by atoms with Crippen molar-refractivity contribution in [3.63, 3.8) is 0 Å². The van der Waals surface area contributed by atoms with E-state index in [2.05, 4.69) is 116 Å². The summed E-state index contributed by atoms with van der Waals surface area (Å²) in [6.07, 6.45) is 4.32. The Balaban J connectivity index is 0.000000222. The number of aryl methyl sites for hydroxylation is 1. The van der Waals surface area contributed by atoms with Gasteiger partial charge in [-0.15, -0.1) is 65.7 Å². The van der Waals surface area contributed by atoms with E-state index in [0.717, 1.165) is 51.1 Å². The molecule has 1 radical (unpaired) electrons. The van der Waals surface area contributed by atoms with E-state index in [0.29, 0.717) is 0 Å². The predicted octanol–water partition coefficient (Wildman–Crippen LogP) is 11.7. The van der Waals surface area contributed by atoms with Gasteiger partial charge in [0.15, 0.2) is 0 Å². The van der Waals surface area contributed by atoms with Crippen LogP contribution in [0.1, 0.15) is 36.0 Å². The number of pyridine rings is 2. The Kier molecular flexibility index (Phi) is 8.58. The molecule has 0 aliphatic heterocycles. The molecule has 0 spiro atoms. The van der Waals surface area contributed by atoms with Crippen molar-refractivity contribution >= 4 is 32.7 Å². The second-order valence-corrected chi connectivity index (χ2v) is 12.9. The summed E-state index contributed by atoms with van der Waals surface area (Å²) in [6.45, 7) is 4.70. The molecule has 0 aliphatic carbocycles. The van der Waals surface area contributed by atoms with Crippen LogP contribution >= 0.6 is 0 Å². The minimum absolute atomic E-state index is 0. The molecule has 5 aromatic carbocycles. The van der Waals surface area contributed by atoms with Gasteiger partial charge in [-0.25, -0.2) is 0 Å². The van der Waals surface area contributed by atoms with E-state index >= 15 is 0 Å². The summed E-state index contributed by atoms with van der Waals surface area (Å²) in [6, 6.07) is 47.0. The van der Waals surface area contributed by atoms with Gasteiger partial charge in [-0.2, -0.15) is 0 Å². The largest absolute Gasteiger partial charge is 0.456 e. The van der Waals surface area contributed by atoms with Gasteiger partial charge < -0.3 is 14.4 Å². The van der Waals surface area contributed by atoms with Crippen LogP contribution in [0.5, 0.6) is 0 Å².